The van der Waals surface area contributed by atoms with Gasteiger partial charge in [0.15, 0.2) is 0 Å². The molecular weight excluding hydrogens is 184 g/mol. The molecule has 0 fully saturated rings. The van der Waals surface area contributed by atoms with E-state index in [0.29, 0.717) is 11.3 Å². The van der Waals surface area contributed by atoms with Crippen LogP contribution in [-0.4, -0.2) is 6.61 Å². The van der Waals surface area contributed by atoms with Gasteiger partial charge in [-0.3, -0.25) is 0 Å². The molecule has 0 radical (unpaired) electrons. The molecule has 0 N–H and O–H groups in total. The van der Waals surface area contributed by atoms with Crippen LogP contribution < -0.4 is 4.74 Å². The third-order valence-electron chi connectivity index (χ3n) is 3.32. The molecule has 1 aromatic rings. The average molecular weight is 204 g/mol. The zero-order valence-corrected chi connectivity index (χ0v) is 9.92. The van der Waals surface area contributed by atoms with Crippen LogP contribution in [0.4, 0.5) is 0 Å². The van der Waals surface area contributed by atoms with Crippen LogP contribution >= 0.6 is 0 Å². The highest BCUT2D eigenvalue weighted by Crippen LogP contribution is 2.36. The number of hydrogen-bond acceptors (Lipinski definition) is 1. The van der Waals surface area contributed by atoms with Gasteiger partial charge in [-0.2, -0.15) is 0 Å². The second kappa shape index (κ2) is 3.88. The lowest BCUT2D eigenvalue weighted by atomic mass is 9.82. The lowest BCUT2D eigenvalue weighted by Gasteiger charge is -2.30. The van der Waals surface area contributed by atoms with Gasteiger partial charge in [0.1, 0.15) is 5.75 Å². The maximum atomic E-state index is 5.91. The van der Waals surface area contributed by atoms with E-state index in [1.807, 2.05) is 0 Å². The molecule has 0 aromatic heterocycles. The molecule has 0 amide bonds. The summed E-state index contributed by atoms with van der Waals surface area (Å²) in [7, 11) is 0. The molecule has 1 aliphatic rings. The van der Waals surface area contributed by atoms with E-state index in [-0.39, 0.29) is 0 Å². The van der Waals surface area contributed by atoms with Crippen molar-refractivity contribution >= 4 is 0 Å². The Morgan fingerprint density at radius 3 is 2.80 bits per heavy atom. The molecule has 1 heterocycles. The van der Waals surface area contributed by atoms with Crippen molar-refractivity contribution in [1.82, 2.24) is 0 Å². The minimum absolute atomic E-state index is 0.307. The van der Waals surface area contributed by atoms with Gasteiger partial charge in [0.2, 0.25) is 0 Å². The first kappa shape index (κ1) is 10.5. The Kier molecular flexibility index (Phi) is 2.72. The molecule has 2 rings (SSSR count). The molecule has 1 unspecified atom stereocenters. The van der Waals surface area contributed by atoms with Gasteiger partial charge in [-0.1, -0.05) is 39.0 Å². The number of fused-ring (bicyclic) bond motifs is 1. The molecule has 0 spiro atoms. The molecule has 0 bridgehead atoms. The minimum Gasteiger partial charge on any atom is -0.493 e. The number of hydrogen-bond donors (Lipinski definition) is 0. The van der Waals surface area contributed by atoms with Crippen molar-refractivity contribution in [3.05, 3.63) is 29.8 Å². The van der Waals surface area contributed by atoms with Gasteiger partial charge in [-0.25, -0.2) is 0 Å². The van der Waals surface area contributed by atoms with Gasteiger partial charge in [0.25, 0.3) is 0 Å². The summed E-state index contributed by atoms with van der Waals surface area (Å²) in [6, 6.07) is 8.44. The molecule has 1 aromatic carbocycles. The third-order valence-corrected chi connectivity index (χ3v) is 3.32. The lowest BCUT2D eigenvalue weighted by molar-refractivity contribution is 0.154. The molecule has 82 valence electrons. The molecule has 1 aliphatic heterocycles. The largest absolute Gasteiger partial charge is 0.493 e. The zero-order valence-electron chi connectivity index (χ0n) is 9.92. The Labute approximate surface area is 92.5 Å². The van der Waals surface area contributed by atoms with E-state index in [0.717, 1.165) is 12.4 Å². The zero-order chi connectivity index (χ0) is 10.9. The highest BCUT2D eigenvalue weighted by Gasteiger charge is 2.24. The van der Waals surface area contributed by atoms with Crippen LogP contribution in [-0.2, 0) is 0 Å². The fraction of sp³-hybridized carbons (Fsp3) is 0.571. The van der Waals surface area contributed by atoms with Crippen molar-refractivity contribution in [3.63, 3.8) is 0 Å². The summed E-state index contributed by atoms with van der Waals surface area (Å²) >= 11 is 0. The Hall–Kier alpha value is -0.980. The highest BCUT2D eigenvalue weighted by atomic mass is 16.5. The van der Waals surface area contributed by atoms with Crippen LogP contribution in [0.25, 0.3) is 0 Å². The number of benzene rings is 1. The Balaban J connectivity index is 2.30. The topological polar surface area (TPSA) is 9.23 Å². The minimum atomic E-state index is 0.307. The molecule has 1 atom stereocenters. The van der Waals surface area contributed by atoms with Crippen molar-refractivity contribution in [2.24, 2.45) is 5.41 Å². The van der Waals surface area contributed by atoms with E-state index in [1.54, 1.807) is 0 Å². The molecular formula is C14H20O. The standard InChI is InChI=1S/C14H20O/c1-11-8-9-14(2,3)10-15-13-7-5-4-6-12(11)13/h4-7,11H,8-10H2,1-3H3. The van der Waals surface area contributed by atoms with Crippen molar-refractivity contribution in [1.29, 1.82) is 0 Å². The molecule has 1 heteroatoms. The van der Waals surface area contributed by atoms with Gasteiger partial charge >= 0.3 is 0 Å². The fourth-order valence-electron chi connectivity index (χ4n) is 2.13. The Bertz CT molecular complexity index is 341. The van der Waals surface area contributed by atoms with Crippen LogP contribution in [0, 0.1) is 5.41 Å². The van der Waals surface area contributed by atoms with E-state index in [9.17, 15) is 0 Å². The van der Waals surface area contributed by atoms with Gasteiger partial charge in [-0.15, -0.1) is 0 Å². The fourth-order valence-corrected chi connectivity index (χ4v) is 2.13. The quantitative estimate of drug-likeness (QED) is 0.621. The Morgan fingerprint density at radius 2 is 2.00 bits per heavy atom. The van der Waals surface area contributed by atoms with E-state index in [2.05, 4.69) is 45.0 Å². The number of para-hydroxylation sites is 1. The lowest BCUT2D eigenvalue weighted by Crippen LogP contribution is -2.24. The molecule has 0 aliphatic carbocycles. The van der Waals surface area contributed by atoms with Gasteiger partial charge in [0.05, 0.1) is 6.61 Å². The van der Waals surface area contributed by atoms with Crippen LogP contribution in [0.1, 0.15) is 45.1 Å². The van der Waals surface area contributed by atoms with Crippen LogP contribution in [0.2, 0.25) is 0 Å². The normalized spacial score (nSPS) is 24.6. The predicted octanol–water partition coefficient (Wildman–Crippen LogP) is 3.99. The van der Waals surface area contributed by atoms with Gasteiger partial charge in [-0.05, 0) is 35.8 Å². The summed E-state index contributed by atoms with van der Waals surface area (Å²) in [5.74, 6) is 1.69. The van der Waals surface area contributed by atoms with Crippen molar-refractivity contribution in [2.75, 3.05) is 6.61 Å². The SMILES string of the molecule is CC1CCC(C)(C)COc2ccccc21. The maximum Gasteiger partial charge on any atom is 0.122 e. The highest BCUT2D eigenvalue weighted by molar-refractivity contribution is 5.36. The summed E-state index contributed by atoms with van der Waals surface area (Å²) in [5, 5.41) is 0. The second-order valence-electron chi connectivity index (χ2n) is 5.43. The molecule has 1 nitrogen and oxygen atoms in total. The molecule has 0 saturated heterocycles. The number of rotatable bonds is 0. The summed E-state index contributed by atoms with van der Waals surface area (Å²) in [5.41, 5.74) is 1.68. The van der Waals surface area contributed by atoms with Crippen molar-refractivity contribution in [3.8, 4) is 5.75 Å². The first-order chi connectivity index (χ1) is 7.08. The van der Waals surface area contributed by atoms with Crippen molar-refractivity contribution < 1.29 is 4.74 Å². The van der Waals surface area contributed by atoms with Crippen LogP contribution in [0.3, 0.4) is 0 Å². The summed E-state index contributed by atoms with van der Waals surface area (Å²) in [4.78, 5) is 0. The smallest absolute Gasteiger partial charge is 0.122 e. The third kappa shape index (κ3) is 2.34. The molecule has 15 heavy (non-hydrogen) atoms. The van der Waals surface area contributed by atoms with E-state index < -0.39 is 0 Å². The van der Waals surface area contributed by atoms with E-state index in [1.165, 1.54) is 18.4 Å². The van der Waals surface area contributed by atoms with Crippen molar-refractivity contribution in [2.45, 2.75) is 39.5 Å². The molecule has 0 saturated carbocycles. The predicted molar refractivity (Wildman–Crippen MR) is 63.4 cm³/mol. The monoisotopic (exact) mass is 204 g/mol. The van der Waals surface area contributed by atoms with E-state index >= 15 is 0 Å². The van der Waals surface area contributed by atoms with Crippen LogP contribution in [0.15, 0.2) is 24.3 Å². The second-order valence-corrected chi connectivity index (χ2v) is 5.43. The maximum absolute atomic E-state index is 5.91. The average Bonchev–Trinajstić information content (AvgIpc) is 2.22. The van der Waals surface area contributed by atoms with E-state index in [4.69, 9.17) is 4.74 Å². The Morgan fingerprint density at radius 1 is 1.27 bits per heavy atom. The number of ether oxygens (including phenoxy) is 1. The summed E-state index contributed by atoms with van der Waals surface area (Å²) < 4.78 is 5.91. The first-order valence-electron chi connectivity index (χ1n) is 5.80. The van der Waals surface area contributed by atoms with Crippen LogP contribution in [0.5, 0.6) is 5.75 Å². The van der Waals surface area contributed by atoms with Gasteiger partial charge in [0, 0.05) is 0 Å². The first-order valence-corrected chi connectivity index (χ1v) is 5.80. The summed E-state index contributed by atoms with van der Waals surface area (Å²) in [6.45, 7) is 7.70. The summed E-state index contributed by atoms with van der Waals surface area (Å²) in [6.07, 6.45) is 2.50. The van der Waals surface area contributed by atoms with Gasteiger partial charge < -0.3 is 4.74 Å².